The van der Waals surface area contributed by atoms with Gasteiger partial charge in [0.05, 0.1) is 12.2 Å². The Morgan fingerprint density at radius 2 is 1.56 bits per heavy atom. The van der Waals surface area contributed by atoms with Crippen molar-refractivity contribution in [2.75, 3.05) is 26.7 Å². The van der Waals surface area contributed by atoms with Crippen LogP contribution in [0, 0.1) is 0 Å². The van der Waals surface area contributed by atoms with Crippen molar-refractivity contribution in [1.29, 1.82) is 0 Å². The summed E-state index contributed by atoms with van der Waals surface area (Å²) in [5.74, 6) is 1.85. The highest BCUT2D eigenvalue weighted by Crippen LogP contribution is 2.30. The molecule has 2 aromatic rings. The zero-order valence-electron chi connectivity index (χ0n) is 14.9. The van der Waals surface area contributed by atoms with E-state index in [9.17, 15) is 4.79 Å². The van der Waals surface area contributed by atoms with Gasteiger partial charge in [0, 0.05) is 0 Å². The van der Waals surface area contributed by atoms with Gasteiger partial charge in [0.2, 0.25) is 0 Å². The van der Waals surface area contributed by atoms with Crippen LogP contribution in [0.1, 0.15) is 41.6 Å². The SMILES string of the molecule is CCOC(=O)c1ccc(Oc2ccc(C3CCN(C)CC3)cc2)cc1. The summed E-state index contributed by atoms with van der Waals surface area (Å²) in [7, 11) is 2.18. The smallest absolute Gasteiger partial charge is 0.338 e. The highest BCUT2D eigenvalue weighted by atomic mass is 16.5. The van der Waals surface area contributed by atoms with Crippen LogP contribution in [0.4, 0.5) is 0 Å². The first-order chi connectivity index (χ1) is 12.2. The summed E-state index contributed by atoms with van der Waals surface area (Å²) in [5.41, 5.74) is 1.92. The summed E-state index contributed by atoms with van der Waals surface area (Å²) >= 11 is 0. The fourth-order valence-electron chi connectivity index (χ4n) is 3.16. The molecular weight excluding hydrogens is 314 g/mol. The van der Waals surface area contributed by atoms with Gasteiger partial charge in [0.1, 0.15) is 11.5 Å². The second-order valence-electron chi connectivity index (χ2n) is 6.49. The summed E-state index contributed by atoms with van der Waals surface area (Å²) in [4.78, 5) is 14.0. The number of ether oxygens (including phenoxy) is 2. The van der Waals surface area contributed by atoms with Crippen LogP contribution in [0.5, 0.6) is 11.5 Å². The van der Waals surface area contributed by atoms with Gasteiger partial charge in [-0.2, -0.15) is 0 Å². The van der Waals surface area contributed by atoms with E-state index in [1.807, 2.05) is 12.1 Å². The topological polar surface area (TPSA) is 38.8 Å². The lowest BCUT2D eigenvalue weighted by Crippen LogP contribution is -2.29. The van der Waals surface area contributed by atoms with Crippen molar-refractivity contribution in [1.82, 2.24) is 4.90 Å². The number of hydrogen-bond donors (Lipinski definition) is 0. The molecule has 25 heavy (non-hydrogen) atoms. The average molecular weight is 339 g/mol. The Kier molecular flexibility index (Phi) is 5.71. The van der Waals surface area contributed by atoms with Gasteiger partial charge < -0.3 is 14.4 Å². The van der Waals surface area contributed by atoms with Gasteiger partial charge in [0.25, 0.3) is 0 Å². The Labute approximate surface area is 149 Å². The van der Waals surface area contributed by atoms with Crippen molar-refractivity contribution in [3.8, 4) is 11.5 Å². The Morgan fingerprint density at radius 1 is 1.00 bits per heavy atom. The number of piperidine rings is 1. The molecule has 1 heterocycles. The molecule has 0 radical (unpaired) electrons. The van der Waals surface area contributed by atoms with E-state index in [1.165, 1.54) is 18.4 Å². The van der Waals surface area contributed by atoms with Gasteiger partial charge in [-0.25, -0.2) is 4.79 Å². The van der Waals surface area contributed by atoms with Crippen LogP contribution in [-0.4, -0.2) is 37.6 Å². The van der Waals surface area contributed by atoms with Crippen LogP contribution in [0.3, 0.4) is 0 Å². The van der Waals surface area contributed by atoms with E-state index in [0.717, 1.165) is 18.8 Å². The van der Waals surface area contributed by atoms with Gasteiger partial charge in [-0.15, -0.1) is 0 Å². The van der Waals surface area contributed by atoms with Gasteiger partial charge in [0.15, 0.2) is 0 Å². The van der Waals surface area contributed by atoms with E-state index in [2.05, 4.69) is 24.1 Å². The summed E-state index contributed by atoms with van der Waals surface area (Å²) in [5, 5.41) is 0. The summed E-state index contributed by atoms with van der Waals surface area (Å²) in [6.45, 7) is 4.50. The molecule has 0 N–H and O–H groups in total. The molecule has 0 aromatic heterocycles. The number of rotatable bonds is 5. The number of carbonyl (C=O) groups is 1. The molecule has 0 saturated carbocycles. The van der Waals surface area contributed by atoms with Crippen LogP contribution >= 0.6 is 0 Å². The molecule has 132 valence electrons. The molecule has 1 saturated heterocycles. The van der Waals surface area contributed by atoms with Crippen LogP contribution in [0.25, 0.3) is 0 Å². The molecule has 0 bridgehead atoms. The highest BCUT2D eigenvalue weighted by Gasteiger charge is 2.18. The molecule has 4 nitrogen and oxygen atoms in total. The quantitative estimate of drug-likeness (QED) is 0.754. The number of likely N-dealkylation sites (tertiary alicyclic amines) is 1. The number of benzene rings is 2. The maximum Gasteiger partial charge on any atom is 0.338 e. The maximum atomic E-state index is 11.7. The first kappa shape index (κ1) is 17.5. The molecule has 0 aliphatic carbocycles. The average Bonchev–Trinajstić information content (AvgIpc) is 2.64. The molecule has 3 rings (SSSR count). The zero-order chi connectivity index (χ0) is 17.6. The van der Waals surface area contributed by atoms with E-state index in [0.29, 0.717) is 23.8 Å². The fraction of sp³-hybridized carbons (Fsp3) is 0.381. The minimum atomic E-state index is -0.309. The monoisotopic (exact) mass is 339 g/mol. The fourth-order valence-corrected chi connectivity index (χ4v) is 3.16. The van der Waals surface area contributed by atoms with Gasteiger partial charge in [-0.3, -0.25) is 0 Å². The largest absolute Gasteiger partial charge is 0.462 e. The molecule has 1 aliphatic rings. The second kappa shape index (κ2) is 8.17. The summed E-state index contributed by atoms with van der Waals surface area (Å²) in [6.07, 6.45) is 2.43. The first-order valence-electron chi connectivity index (χ1n) is 8.89. The van der Waals surface area contributed by atoms with E-state index in [1.54, 1.807) is 31.2 Å². The van der Waals surface area contributed by atoms with Gasteiger partial charge in [-0.05, 0) is 87.8 Å². The van der Waals surface area contributed by atoms with Crippen molar-refractivity contribution in [3.05, 3.63) is 59.7 Å². The summed E-state index contributed by atoms with van der Waals surface area (Å²) in [6, 6.07) is 15.4. The second-order valence-corrected chi connectivity index (χ2v) is 6.49. The minimum Gasteiger partial charge on any atom is -0.462 e. The van der Waals surface area contributed by atoms with Crippen molar-refractivity contribution < 1.29 is 14.3 Å². The Balaban J connectivity index is 1.60. The number of carbonyl (C=O) groups excluding carboxylic acids is 1. The number of nitrogens with zero attached hydrogens (tertiary/aromatic N) is 1. The van der Waals surface area contributed by atoms with Gasteiger partial charge in [-0.1, -0.05) is 12.1 Å². The molecule has 0 spiro atoms. The van der Waals surface area contributed by atoms with Crippen LogP contribution in [0.2, 0.25) is 0 Å². The molecule has 4 heteroatoms. The van der Waals surface area contributed by atoms with Gasteiger partial charge >= 0.3 is 5.97 Å². The highest BCUT2D eigenvalue weighted by molar-refractivity contribution is 5.89. The Morgan fingerprint density at radius 3 is 2.12 bits per heavy atom. The molecule has 0 unspecified atom stereocenters. The molecule has 0 amide bonds. The zero-order valence-corrected chi connectivity index (χ0v) is 14.9. The Bertz CT molecular complexity index is 686. The summed E-state index contributed by atoms with van der Waals surface area (Å²) < 4.78 is 10.9. The van der Waals surface area contributed by atoms with E-state index >= 15 is 0 Å². The minimum absolute atomic E-state index is 0.309. The third kappa shape index (κ3) is 4.60. The standard InChI is InChI=1S/C21H25NO3/c1-3-24-21(23)18-6-10-20(11-7-18)25-19-8-4-16(5-9-19)17-12-14-22(2)15-13-17/h4-11,17H,3,12-15H2,1-2H3. The van der Waals surface area contributed by atoms with Crippen LogP contribution in [0.15, 0.2) is 48.5 Å². The normalized spacial score (nSPS) is 15.8. The van der Waals surface area contributed by atoms with Crippen molar-refractivity contribution in [2.45, 2.75) is 25.7 Å². The van der Waals surface area contributed by atoms with Crippen LogP contribution < -0.4 is 4.74 Å². The molecular formula is C21H25NO3. The third-order valence-corrected chi connectivity index (χ3v) is 4.67. The third-order valence-electron chi connectivity index (χ3n) is 4.67. The van der Waals surface area contributed by atoms with E-state index in [-0.39, 0.29) is 5.97 Å². The Hall–Kier alpha value is -2.33. The lowest BCUT2D eigenvalue weighted by molar-refractivity contribution is 0.0526. The molecule has 2 aromatic carbocycles. The predicted octanol–water partition coefficient (Wildman–Crippen LogP) is 4.46. The van der Waals surface area contributed by atoms with Crippen molar-refractivity contribution >= 4 is 5.97 Å². The first-order valence-corrected chi connectivity index (χ1v) is 8.89. The van der Waals surface area contributed by atoms with E-state index in [4.69, 9.17) is 9.47 Å². The van der Waals surface area contributed by atoms with E-state index < -0.39 is 0 Å². The molecule has 1 fully saturated rings. The number of hydrogen-bond acceptors (Lipinski definition) is 4. The predicted molar refractivity (Wildman–Crippen MR) is 98.4 cm³/mol. The van der Waals surface area contributed by atoms with Crippen molar-refractivity contribution in [3.63, 3.8) is 0 Å². The molecule has 0 atom stereocenters. The lowest BCUT2D eigenvalue weighted by atomic mass is 9.90. The molecule has 1 aliphatic heterocycles. The lowest BCUT2D eigenvalue weighted by Gasteiger charge is -2.29. The van der Waals surface area contributed by atoms with Crippen LogP contribution in [-0.2, 0) is 4.74 Å². The maximum absolute atomic E-state index is 11.7. The number of esters is 1. The van der Waals surface area contributed by atoms with Crippen molar-refractivity contribution in [2.24, 2.45) is 0 Å².